The number of nitrogens with one attached hydrogen (secondary N) is 2. The first-order valence-corrected chi connectivity index (χ1v) is 8.20. The predicted molar refractivity (Wildman–Crippen MR) is 101 cm³/mol. The number of aromatic nitrogens is 3. The molecule has 1 amide bonds. The third-order valence-corrected chi connectivity index (χ3v) is 3.89. The van der Waals surface area contributed by atoms with Gasteiger partial charge in [-0.3, -0.25) is 9.78 Å². The number of para-hydroxylation sites is 1. The highest BCUT2D eigenvalue weighted by Crippen LogP contribution is 2.21. The monoisotopic (exact) mass is 359 g/mol. The summed E-state index contributed by atoms with van der Waals surface area (Å²) in [5.41, 5.74) is 2.15. The fourth-order valence-corrected chi connectivity index (χ4v) is 2.59. The van der Waals surface area contributed by atoms with Gasteiger partial charge in [0.05, 0.1) is 11.2 Å². The summed E-state index contributed by atoms with van der Waals surface area (Å²) in [6.45, 7) is 0. The van der Waals surface area contributed by atoms with Crippen LogP contribution in [-0.2, 0) is 0 Å². The lowest BCUT2D eigenvalue weighted by Crippen LogP contribution is -2.15. The van der Waals surface area contributed by atoms with Crippen LogP contribution in [0.4, 0.5) is 21.6 Å². The third-order valence-electron chi connectivity index (χ3n) is 3.89. The molecule has 7 heteroatoms. The Morgan fingerprint density at radius 3 is 2.48 bits per heavy atom. The summed E-state index contributed by atoms with van der Waals surface area (Å²) in [5.74, 6) is -0.249. The number of benzene rings is 2. The zero-order valence-corrected chi connectivity index (χ0v) is 14.1. The summed E-state index contributed by atoms with van der Waals surface area (Å²) in [7, 11) is 0. The highest BCUT2D eigenvalue weighted by Gasteiger charge is 2.11. The minimum absolute atomic E-state index is 0.174. The molecule has 4 aromatic rings. The highest BCUT2D eigenvalue weighted by atomic mass is 19.1. The van der Waals surface area contributed by atoms with Crippen LogP contribution >= 0.6 is 0 Å². The van der Waals surface area contributed by atoms with Crippen LogP contribution in [0.3, 0.4) is 0 Å². The van der Waals surface area contributed by atoms with Crippen LogP contribution in [-0.4, -0.2) is 21.1 Å². The highest BCUT2D eigenvalue weighted by molar-refractivity contribution is 6.07. The Morgan fingerprint density at radius 1 is 0.889 bits per heavy atom. The van der Waals surface area contributed by atoms with Gasteiger partial charge in [0.15, 0.2) is 11.5 Å². The molecule has 2 aromatic carbocycles. The number of hydrogen-bond acceptors (Lipinski definition) is 5. The molecular formula is C20H14FN5O. The summed E-state index contributed by atoms with van der Waals surface area (Å²) < 4.78 is 12.9. The maximum Gasteiger partial charge on any atom is 0.276 e. The van der Waals surface area contributed by atoms with E-state index >= 15 is 0 Å². The number of amides is 1. The minimum atomic E-state index is -0.381. The van der Waals surface area contributed by atoms with E-state index in [0.717, 1.165) is 5.39 Å². The zero-order chi connectivity index (χ0) is 18.6. The predicted octanol–water partition coefficient (Wildman–Crippen LogP) is 4.16. The van der Waals surface area contributed by atoms with Gasteiger partial charge in [0, 0.05) is 17.3 Å². The van der Waals surface area contributed by atoms with Gasteiger partial charge in [-0.1, -0.05) is 18.2 Å². The van der Waals surface area contributed by atoms with Crippen molar-refractivity contribution in [3.63, 3.8) is 0 Å². The second-order valence-electron chi connectivity index (χ2n) is 5.77. The normalized spacial score (nSPS) is 10.6. The number of nitrogens with zero attached hydrogens (tertiary/aromatic N) is 3. The number of fused-ring (bicyclic) bond motifs is 1. The molecule has 6 nitrogen and oxygen atoms in total. The zero-order valence-electron chi connectivity index (χ0n) is 14.1. The van der Waals surface area contributed by atoms with E-state index < -0.39 is 0 Å². The Labute approximate surface area is 154 Å². The maximum atomic E-state index is 12.9. The van der Waals surface area contributed by atoms with Crippen molar-refractivity contribution in [1.82, 2.24) is 15.2 Å². The number of hydrogen-bond donors (Lipinski definition) is 2. The summed E-state index contributed by atoms with van der Waals surface area (Å²) in [4.78, 5) is 16.8. The number of rotatable bonds is 4. The largest absolute Gasteiger partial charge is 0.339 e. The minimum Gasteiger partial charge on any atom is -0.339 e. The molecule has 132 valence electrons. The molecule has 0 fully saturated rings. The third kappa shape index (κ3) is 3.72. The van der Waals surface area contributed by atoms with Gasteiger partial charge in [-0.15, -0.1) is 10.2 Å². The van der Waals surface area contributed by atoms with Crippen LogP contribution in [0.25, 0.3) is 10.9 Å². The van der Waals surface area contributed by atoms with Crippen LogP contribution in [0, 0.1) is 5.82 Å². The molecule has 2 heterocycles. The summed E-state index contributed by atoms with van der Waals surface area (Å²) >= 11 is 0. The fraction of sp³-hybridized carbons (Fsp3) is 0. The molecule has 0 aliphatic rings. The average molecular weight is 359 g/mol. The Balaban J connectivity index is 1.50. The van der Waals surface area contributed by atoms with Crippen LogP contribution in [0.2, 0.25) is 0 Å². The maximum absolute atomic E-state index is 12.9. The first-order valence-electron chi connectivity index (χ1n) is 8.20. The lowest BCUT2D eigenvalue weighted by Gasteiger charge is -2.08. The van der Waals surface area contributed by atoms with E-state index in [1.54, 1.807) is 36.5 Å². The molecule has 2 N–H and O–H groups in total. The Hall–Kier alpha value is -3.87. The van der Waals surface area contributed by atoms with Gasteiger partial charge < -0.3 is 10.6 Å². The van der Waals surface area contributed by atoms with Crippen molar-refractivity contribution in [3.8, 4) is 0 Å². The van der Waals surface area contributed by atoms with E-state index in [9.17, 15) is 9.18 Å². The molecule has 0 unspecified atom stereocenters. The lowest BCUT2D eigenvalue weighted by molar-refractivity contribution is 0.102. The van der Waals surface area contributed by atoms with Gasteiger partial charge in [-0.25, -0.2) is 4.39 Å². The SMILES string of the molecule is O=C(Nc1cccc2cccnc12)c1ccc(Nc2ccc(F)cc2)nn1. The number of pyridine rings is 1. The summed E-state index contributed by atoms with van der Waals surface area (Å²) in [5, 5.41) is 14.7. The molecule has 4 rings (SSSR count). The van der Waals surface area contributed by atoms with Crippen molar-refractivity contribution in [2.75, 3.05) is 10.6 Å². The van der Waals surface area contributed by atoms with Gasteiger partial charge in [-0.2, -0.15) is 0 Å². The topological polar surface area (TPSA) is 79.8 Å². The molecule has 0 spiro atoms. The fourth-order valence-electron chi connectivity index (χ4n) is 2.59. The average Bonchev–Trinajstić information content (AvgIpc) is 2.70. The molecule has 0 atom stereocenters. The van der Waals surface area contributed by atoms with Gasteiger partial charge in [0.25, 0.3) is 5.91 Å². The van der Waals surface area contributed by atoms with E-state index in [-0.39, 0.29) is 17.4 Å². The van der Waals surface area contributed by atoms with Gasteiger partial charge in [0.2, 0.25) is 0 Å². The van der Waals surface area contributed by atoms with Crippen LogP contribution in [0.5, 0.6) is 0 Å². The lowest BCUT2D eigenvalue weighted by atomic mass is 10.2. The van der Waals surface area contributed by atoms with Crippen molar-refractivity contribution in [3.05, 3.63) is 84.4 Å². The molecule has 0 aliphatic carbocycles. The number of anilines is 3. The molecule has 0 radical (unpaired) electrons. The van der Waals surface area contributed by atoms with E-state index in [1.807, 2.05) is 24.3 Å². The smallest absolute Gasteiger partial charge is 0.276 e. The van der Waals surface area contributed by atoms with Crippen molar-refractivity contribution < 1.29 is 9.18 Å². The molecule has 0 aliphatic heterocycles. The summed E-state index contributed by atoms with van der Waals surface area (Å²) in [6.07, 6.45) is 1.67. The molecule has 0 saturated heterocycles. The number of carbonyl (C=O) groups is 1. The van der Waals surface area contributed by atoms with Crippen LogP contribution < -0.4 is 10.6 Å². The van der Waals surface area contributed by atoms with Gasteiger partial charge in [-0.05, 0) is 48.5 Å². The Bertz CT molecular complexity index is 1090. The molecule has 2 aromatic heterocycles. The van der Waals surface area contributed by atoms with E-state index in [2.05, 4.69) is 25.8 Å². The van der Waals surface area contributed by atoms with E-state index in [0.29, 0.717) is 22.7 Å². The quantitative estimate of drug-likeness (QED) is 0.572. The molecule has 27 heavy (non-hydrogen) atoms. The molecule has 0 bridgehead atoms. The Kier molecular flexibility index (Phi) is 4.40. The standard InChI is InChI=1S/C20H14FN5O/c21-14-6-8-15(9-7-14)23-18-11-10-17(25-26-18)20(27)24-16-5-1-3-13-4-2-12-22-19(13)16/h1-12H,(H,23,26)(H,24,27). The first kappa shape index (κ1) is 16.6. The second-order valence-corrected chi connectivity index (χ2v) is 5.77. The number of carbonyl (C=O) groups excluding carboxylic acids is 1. The van der Waals surface area contributed by atoms with Gasteiger partial charge in [0.1, 0.15) is 5.82 Å². The number of halogens is 1. The van der Waals surface area contributed by atoms with Gasteiger partial charge >= 0.3 is 0 Å². The van der Waals surface area contributed by atoms with E-state index in [1.165, 1.54) is 12.1 Å². The Morgan fingerprint density at radius 2 is 1.70 bits per heavy atom. The van der Waals surface area contributed by atoms with Crippen LogP contribution in [0.1, 0.15) is 10.5 Å². The molecular weight excluding hydrogens is 345 g/mol. The first-order chi connectivity index (χ1) is 13.2. The molecule has 0 saturated carbocycles. The van der Waals surface area contributed by atoms with Crippen molar-refractivity contribution in [2.24, 2.45) is 0 Å². The van der Waals surface area contributed by atoms with Crippen molar-refractivity contribution in [1.29, 1.82) is 0 Å². The second kappa shape index (κ2) is 7.17. The van der Waals surface area contributed by atoms with Crippen molar-refractivity contribution in [2.45, 2.75) is 0 Å². The summed E-state index contributed by atoms with van der Waals surface area (Å²) in [6, 6.07) is 18.4. The van der Waals surface area contributed by atoms with E-state index in [4.69, 9.17) is 0 Å². The van der Waals surface area contributed by atoms with Crippen LogP contribution in [0.15, 0.2) is 72.9 Å². The van der Waals surface area contributed by atoms with Crippen molar-refractivity contribution >= 4 is 34.0 Å².